The molecule has 1 aromatic rings. The van der Waals surface area contributed by atoms with Crippen LogP contribution in [0.5, 0.6) is 0 Å². The van der Waals surface area contributed by atoms with Gasteiger partial charge in [-0.25, -0.2) is 0 Å². The summed E-state index contributed by atoms with van der Waals surface area (Å²) in [4.78, 5) is 2.49. The average Bonchev–Trinajstić information content (AvgIpc) is 2.77. The molecule has 0 aromatic carbocycles. The summed E-state index contributed by atoms with van der Waals surface area (Å²) in [5.74, 6) is 0.992. The van der Waals surface area contributed by atoms with Gasteiger partial charge in [0, 0.05) is 18.7 Å². The molecular formula is C13H23N3O. The monoisotopic (exact) mass is 237 g/mol. The van der Waals surface area contributed by atoms with E-state index in [9.17, 15) is 0 Å². The number of nitrogens with zero attached hydrogens (tertiary/aromatic N) is 2. The third-order valence-corrected chi connectivity index (χ3v) is 3.46. The Labute approximate surface area is 103 Å². The zero-order valence-corrected chi connectivity index (χ0v) is 10.9. The van der Waals surface area contributed by atoms with Crippen LogP contribution in [-0.4, -0.2) is 29.2 Å². The van der Waals surface area contributed by atoms with E-state index in [0.717, 1.165) is 31.1 Å². The van der Waals surface area contributed by atoms with Crippen LogP contribution in [0.2, 0.25) is 0 Å². The van der Waals surface area contributed by atoms with Crippen LogP contribution in [0.3, 0.4) is 0 Å². The zero-order chi connectivity index (χ0) is 12.1. The Balaban J connectivity index is 1.87. The van der Waals surface area contributed by atoms with E-state index in [4.69, 9.17) is 4.52 Å². The fourth-order valence-electron chi connectivity index (χ4n) is 2.36. The number of aromatic nitrogens is 1. The summed E-state index contributed by atoms with van der Waals surface area (Å²) in [6, 6.07) is 2.75. The molecular weight excluding hydrogens is 214 g/mol. The third-order valence-electron chi connectivity index (χ3n) is 3.46. The lowest BCUT2D eigenvalue weighted by atomic mass is 10.0. The molecule has 17 heavy (non-hydrogen) atoms. The molecule has 96 valence electrons. The molecule has 1 aliphatic rings. The maximum absolute atomic E-state index is 5.38. The first-order valence-electron chi connectivity index (χ1n) is 6.69. The molecule has 0 spiro atoms. The first kappa shape index (κ1) is 12.6. The predicted octanol–water partition coefficient (Wildman–Crippen LogP) is 2.16. The van der Waals surface area contributed by atoms with Gasteiger partial charge < -0.3 is 9.84 Å². The number of likely N-dealkylation sites (tertiary alicyclic amines) is 1. The van der Waals surface area contributed by atoms with Gasteiger partial charge in [-0.15, -0.1) is 0 Å². The molecule has 1 aromatic heterocycles. The maximum atomic E-state index is 5.38. The minimum Gasteiger partial charge on any atom is -0.360 e. The first-order valence-corrected chi connectivity index (χ1v) is 6.69. The van der Waals surface area contributed by atoms with E-state index in [0.29, 0.717) is 6.04 Å². The third kappa shape index (κ3) is 3.54. The van der Waals surface area contributed by atoms with Crippen LogP contribution in [0, 0.1) is 0 Å². The van der Waals surface area contributed by atoms with Gasteiger partial charge in [0.05, 0.1) is 12.2 Å². The Morgan fingerprint density at radius 1 is 1.53 bits per heavy atom. The average molecular weight is 237 g/mol. The van der Waals surface area contributed by atoms with Crippen LogP contribution >= 0.6 is 0 Å². The second kappa shape index (κ2) is 6.17. The van der Waals surface area contributed by atoms with Crippen molar-refractivity contribution in [3.8, 4) is 0 Å². The number of piperidine rings is 1. The summed E-state index contributed by atoms with van der Waals surface area (Å²) in [6.45, 7) is 8.25. The van der Waals surface area contributed by atoms with E-state index in [-0.39, 0.29) is 0 Å². The second-order valence-corrected chi connectivity index (χ2v) is 4.88. The van der Waals surface area contributed by atoms with Gasteiger partial charge in [-0.3, -0.25) is 4.90 Å². The summed E-state index contributed by atoms with van der Waals surface area (Å²) in [7, 11) is 0. The van der Waals surface area contributed by atoms with E-state index < -0.39 is 0 Å². The van der Waals surface area contributed by atoms with Crippen molar-refractivity contribution in [1.82, 2.24) is 15.4 Å². The Morgan fingerprint density at radius 2 is 2.41 bits per heavy atom. The second-order valence-electron chi connectivity index (χ2n) is 4.88. The highest BCUT2D eigenvalue weighted by atomic mass is 16.5. The molecule has 1 unspecified atom stereocenters. The molecule has 0 amide bonds. The Bertz CT molecular complexity index is 337. The molecule has 1 N–H and O–H groups in total. The molecule has 4 heteroatoms. The van der Waals surface area contributed by atoms with Crippen molar-refractivity contribution in [2.45, 2.75) is 52.2 Å². The van der Waals surface area contributed by atoms with Gasteiger partial charge in [0.25, 0.3) is 0 Å². The van der Waals surface area contributed by atoms with E-state index in [1.54, 1.807) is 0 Å². The van der Waals surface area contributed by atoms with Gasteiger partial charge in [-0.1, -0.05) is 18.5 Å². The van der Waals surface area contributed by atoms with Crippen LogP contribution < -0.4 is 5.32 Å². The van der Waals surface area contributed by atoms with Gasteiger partial charge in [0.2, 0.25) is 0 Å². The number of rotatable bonds is 5. The minimum absolute atomic E-state index is 0.672. The van der Waals surface area contributed by atoms with Gasteiger partial charge in [-0.2, -0.15) is 0 Å². The molecule has 1 fully saturated rings. The number of hydrogen-bond acceptors (Lipinski definition) is 4. The predicted molar refractivity (Wildman–Crippen MR) is 67.6 cm³/mol. The minimum atomic E-state index is 0.672. The molecule has 0 aliphatic carbocycles. The number of nitrogens with one attached hydrogen (secondary N) is 1. The molecule has 1 atom stereocenters. The standard InChI is InChI=1S/C13H23N3O/c1-3-14-9-12-8-13(17-15-12)10-16-7-5-4-6-11(16)2/h8,11,14H,3-7,9-10H2,1-2H3. The molecule has 2 heterocycles. The molecule has 2 rings (SSSR count). The van der Waals surface area contributed by atoms with Crippen molar-refractivity contribution in [3.05, 3.63) is 17.5 Å². The van der Waals surface area contributed by atoms with E-state index in [1.165, 1.54) is 25.8 Å². The van der Waals surface area contributed by atoms with Crippen LogP contribution in [0.4, 0.5) is 0 Å². The van der Waals surface area contributed by atoms with Crippen molar-refractivity contribution < 1.29 is 4.52 Å². The Kier molecular flexibility index (Phi) is 4.57. The lowest BCUT2D eigenvalue weighted by Gasteiger charge is -2.32. The highest BCUT2D eigenvalue weighted by Gasteiger charge is 2.19. The van der Waals surface area contributed by atoms with Crippen LogP contribution in [-0.2, 0) is 13.1 Å². The smallest absolute Gasteiger partial charge is 0.151 e. The largest absolute Gasteiger partial charge is 0.360 e. The molecule has 0 bridgehead atoms. The molecule has 1 saturated heterocycles. The van der Waals surface area contributed by atoms with E-state index in [2.05, 4.69) is 35.3 Å². The van der Waals surface area contributed by atoms with Crippen molar-refractivity contribution >= 4 is 0 Å². The molecule has 0 radical (unpaired) electrons. The molecule has 4 nitrogen and oxygen atoms in total. The van der Waals surface area contributed by atoms with Crippen LogP contribution in [0.15, 0.2) is 10.6 Å². The summed E-state index contributed by atoms with van der Waals surface area (Å²) in [5, 5.41) is 7.33. The lowest BCUT2D eigenvalue weighted by Crippen LogP contribution is -2.36. The van der Waals surface area contributed by atoms with Crippen molar-refractivity contribution in [2.75, 3.05) is 13.1 Å². The molecule has 1 aliphatic heterocycles. The normalized spacial score (nSPS) is 21.9. The van der Waals surface area contributed by atoms with Crippen LogP contribution in [0.25, 0.3) is 0 Å². The Morgan fingerprint density at radius 3 is 3.18 bits per heavy atom. The summed E-state index contributed by atoms with van der Waals surface area (Å²) in [5.41, 5.74) is 1.01. The van der Waals surface area contributed by atoms with Crippen molar-refractivity contribution in [3.63, 3.8) is 0 Å². The lowest BCUT2D eigenvalue weighted by molar-refractivity contribution is 0.137. The van der Waals surface area contributed by atoms with Crippen molar-refractivity contribution in [1.29, 1.82) is 0 Å². The summed E-state index contributed by atoms with van der Waals surface area (Å²) >= 11 is 0. The van der Waals surface area contributed by atoms with Crippen LogP contribution in [0.1, 0.15) is 44.6 Å². The molecule has 0 saturated carbocycles. The maximum Gasteiger partial charge on any atom is 0.151 e. The fraction of sp³-hybridized carbons (Fsp3) is 0.769. The quantitative estimate of drug-likeness (QED) is 0.852. The van der Waals surface area contributed by atoms with E-state index in [1.807, 2.05) is 0 Å². The topological polar surface area (TPSA) is 41.3 Å². The summed E-state index contributed by atoms with van der Waals surface area (Å²) < 4.78 is 5.38. The number of hydrogen-bond donors (Lipinski definition) is 1. The SMILES string of the molecule is CCNCc1cc(CN2CCCCC2C)on1. The van der Waals surface area contributed by atoms with E-state index >= 15 is 0 Å². The highest BCUT2D eigenvalue weighted by molar-refractivity contribution is 5.05. The van der Waals surface area contributed by atoms with Gasteiger partial charge in [0.15, 0.2) is 5.76 Å². The van der Waals surface area contributed by atoms with Crippen molar-refractivity contribution in [2.24, 2.45) is 0 Å². The Hall–Kier alpha value is -0.870. The highest BCUT2D eigenvalue weighted by Crippen LogP contribution is 2.19. The fourth-order valence-corrected chi connectivity index (χ4v) is 2.36. The van der Waals surface area contributed by atoms with Gasteiger partial charge >= 0.3 is 0 Å². The first-order chi connectivity index (χ1) is 8.29. The van der Waals surface area contributed by atoms with Gasteiger partial charge in [0.1, 0.15) is 0 Å². The zero-order valence-electron chi connectivity index (χ0n) is 10.9. The van der Waals surface area contributed by atoms with Gasteiger partial charge in [-0.05, 0) is 32.9 Å². The summed E-state index contributed by atoms with van der Waals surface area (Å²) in [6.07, 6.45) is 3.97.